The van der Waals surface area contributed by atoms with Crippen molar-refractivity contribution in [2.45, 2.75) is 32.9 Å². The van der Waals surface area contributed by atoms with E-state index in [0.717, 1.165) is 0 Å². The standard InChI is InChI=1S/C22H26N4O3/c1-15(2)22(16-9-5-4-6-10-16)23-14-21-25-19(26-29-21)13-20(27)24-17-11-7-8-12-18(17)28-3/h4-12,15,22-23H,13-14H2,1-3H3,(H,24,27). The molecule has 2 N–H and O–H groups in total. The van der Waals surface area contributed by atoms with Gasteiger partial charge in [-0.2, -0.15) is 4.98 Å². The van der Waals surface area contributed by atoms with Crippen molar-refractivity contribution < 1.29 is 14.1 Å². The number of amides is 1. The third-order valence-electron chi connectivity index (χ3n) is 4.51. The summed E-state index contributed by atoms with van der Waals surface area (Å²) in [6.07, 6.45) is 0.0217. The predicted molar refractivity (Wildman–Crippen MR) is 110 cm³/mol. The number of nitrogens with one attached hydrogen (secondary N) is 2. The van der Waals surface area contributed by atoms with Crippen LogP contribution in [0.4, 0.5) is 5.69 Å². The van der Waals surface area contributed by atoms with E-state index in [-0.39, 0.29) is 18.4 Å². The summed E-state index contributed by atoms with van der Waals surface area (Å²) in [5.74, 6) is 1.55. The summed E-state index contributed by atoms with van der Waals surface area (Å²) >= 11 is 0. The Morgan fingerprint density at radius 1 is 1.10 bits per heavy atom. The molecule has 3 aromatic rings. The molecule has 1 atom stereocenters. The monoisotopic (exact) mass is 394 g/mol. The van der Waals surface area contributed by atoms with Crippen molar-refractivity contribution in [3.8, 4) is 5.75 Å². The van der Waals surface area contributed by atoms with E-state index < -0.39 is 0 Å². The second kappa shape index (κ2) is 9.84. The molecule has 2 aromatic carbocycles. The van der Waals surface area contributed by atoms with Crippen LogP contribution in [0.3, 0.4) is 0 Å². The van der Waals surface area contributed by atoms with E-state index in [4.69, 9.17) is 9.26 Å². The normalized spacial score (nSPS) is 12.0. The van der Waals surface area contributed by atoms with Gasteiger partial charge in [-0.1, -0.05) is 61.5 Å². The Hall–Kier alpha value is -3.19. The summed E-state index contributed by atoms with van der Waals surface area (Å²) in [5.41, 5.74) is 1.81. The van der Waals surface area contributed by atoms with Crippen LogP contribution in [0.5, 0.6) is 5.75 Å². The highest BCUT2D eigenvalue weighted by Crippen LogP contribution is 2.23. The summed E-state index contributed by atoms with van der Waals surface area (Å²) in [4.78, 5) is 16.6. The molecule has 1 unspecified atom stereocenters. The first-order valence-electron chi connectivity index (χ1n) is 9.59. The number of nitrogens with zero attached hydrogens (tertiary/aromatic N) is 2. The topological polar surface area (TPSA) is 89.3 Å². The second-order valence-electron chi connectivity index (χ2n) is 7.04. The first-order valence-corrected chi connectivity index (χ1v) is 9.59. The van der Waals surface area contributed by atoms with Gasteiger partial charge in [0, 0.05) is 6.04 Å². The fraction of sp³-hybridized carbons (Fsp3) is 0.318. The van der Waals surface area contributed by atoms with E-state index >= 15 is 0 Å². The minimum absolute atomic E-state index is 0.0217. The molecule has 0 aliphatic heterocycles. The molecule has 0 spiro atoms. The lowest BCUT2D eigenvalue weighted by Crippen LogP contribution is -2.25. The Kier molecular flexibility index (Phi) is 6.97. The first-order chi connectivity index (χ1) is 14.1. The lowest BCUT2D eigenvalue weighted by atomic mass is 9.96. The number of aromatic nitrogens is 2. The van der Waals surface area contributed by atoms with Gasteiger partial charge in [0.2, 0.25) is 11.8 Å². The molecule has 1 aromatic heterocycles. The van der Waals surface area contributed by atoms with Crippen LogP contribution in [-0.2, 0) is 17.8 Å². The van der Waals surface area contributed by atoms with E-state index in [1.165, 1.54) is 5.56 Å². The van der Waals surface area contributed by atoms with Crippen LogP contribution in [0.25, 0.3) is 0 Å². The van der Waals surface area contributed by atoms with Crippen molar-refractivity contribution in [1.29, 1.82) is 0 Å². The van der Waals surface area contributed by atoms with Crippen molar-refractivity contribution in [3.63, 3.8) is 0 Å². The van der Waals surface area contributed by atoms with Crippen LogP contribution in [0.1, 0.15) is 37.2 Å². The molecule has 0 saturated heterocycles. The van der Waals surface area contributed by atoms with Crippen LogP contribution in [0.2, 0.25) is 0 Å². The molecule has 1 amide bonds. The van der Waals surface area contributed by atoms with Gasteiger partial charge in [0.05, 0.1) is 25.8 Å². The molecule has 0 aliphatic carbocycles. The van der Waals surface area contributed by atoms with Crippen molar-refractivity contribution >= 4 is 11.6 Å². The molecular weight excluding hydrogens is 368 g/mol. The number of para-hydroxylation sites is 2. The number of ether oxygens (including phenoxy) is 1. The van der Waals surface area contributed by atoms with Gasteiger partial charge in [0.25, 0.3) is 0 Å². The highest BCUT2D eigenvalue weighted by atomic mass is 16.5. The molecule has 0 saturated carbocycles. The van der Waals surface area contributed by atoms with Crippen molar-refractivity contribution in [2.24, 2.45) is 5.92 Å². The number of carbonyl (C=O) groups is 1. The minimum atomic E-state index is -0.237. The van der Waals surface area contributed by atoms with Crippen LogP contribution in [-0.4, -0.2) is 23.2 Å². The Bertz CT molecular complexity index is 925. The van der Waals surface area contributed by atoms with Gasteiger partial charge in [-0.3, -0.25) is 4.79 Å². The zero-order valence-electron chi connectivity index (χ0n) is 16.9. The molecule has 0 bridgehead atoms. The molecule has 3 rings (SSSR count). The highest BCUT2D eigenvalue weighted by molar-refractivity contribution is 5.93. The lowest BCUT2D eigenvalue weighted by molar-refractivity contribution is -0.115. The maximum Gasteiger partial charge on any atom is 0.240 e. The number of benzene rings is 2. The van der Waals surface area contributed by atoms with Crippen molar-refractivity contribution in [1.82, 2.24) is 15.5 Å². The minimum Gasteiger partial charge on any atom is -0.495 e. The Morgan fingerprint density at radius 3 is 2.55 bits per heavy atom. The molecule has 7 heteroatoms. The van der Waals surface area contributed by atoms with E-state index in [1.54, 1.807) is 19.2 Å². The average Bonchev–Trinajstić information content (AvgIpc) is 3.16. The quantitative estimate of drug-likeness (QED) is 0.575. The molecular formula is C22H26N4O3. The van der Waals surface area contributed by atoms with Crippen LogP contribution in [0, 0.1) is 5.92 Å². The number of hydrogen-bond donors (Lipinski definition) is 2. The number of carbonyl (C=O) groups excluding carboxylic acids is 1. The first kappa shape index (κ1) is 20.5. The third kappa shape index (κ3) is 5.65. The number of methoxy groups -OCH3 is 1. The van der Waals surface area contributed by atoms with Crippen LogP contribution in [0.15, 0.2) is 59.1 Å². The summed E-state index contributed by atoms with van der Waals surface area (Å²) < 4.78 is 10.5. The van der Waals surface area contributed by atoms with Crippen LogP contribution < -0.4 is 15.4 Å². The lowest BCUT2D eigenvalue weighted by Gasteiger charge is -2.22. The van der Waals surface area contributed by atoms with Crippen LogP contribution >= 0.6 is 0 Å². The second-order valence-corrected chi connectivity index (χ2v) is 7.04. The van der Waals surface area contributed by atoms with E-state index in [1.807, 2.05) is 30.3 Å². The Morgan fingerprint density at radius 2 is 1.83 bits per heavy atom. The van der Waals surface area contributed by atoms with E-state index in [9.17, 15) is 4.79 Å². The van der Waals surface area contributed by atoms with Gasteiger partial charge in [-0.05, 0) is 23.6 Å². The average molecular weight is 394 g/mol. The number of anilines is 1. The predicted octanol–water partition coefficient (Wildman–Crippen LogP) is 3.75. The van der Waals surface area contributed by atoms with E-state index in [0.29, 0.717) is 35.6 Å². The number of hydrogen-bond acceptors (Lipinski definition) is 6. The Balaban J connectivity index is 1.57. The highest BCUT2D eigenvalue weighted by Gasteiger charge is 2.17. The van der Waals surface area contributed by atoms with Gasteiger partial charge in [0.1, 0.15) is 5.75 Å². The van der Waals surface area contributed by atoms with E-state index in [2.05, 4.69) is 46.8 Å². The molecule has 7 nitrogen and oxygen atoms in total. The van der Waals surface area contributed by atoms with Gasteiger partial charge in [-0.15, -0.1) is 0 Å². The summed E-state index contributed by atoms with van der Waals surface area (Å²) in [6, 6.07) is 17.6. The molecule has 1 heterocycles. The zero-order chi connectivity index (χ0) is 20.6. The van der Waals surface area contributed by atoms with Crippen molar-refractivity contribution in [3.05, 3.63) is 71.9 Å². The Labute approximate surface area is 170 Å². The summed E-state index contributed by atoms with van der Waals surface area (Å²) in [5, 5.41) is 10.2. The zero-order valence-corrected chi connectivity index (χ0v) is 16.9. The fourth-order valence-electron chi connectivity index (χ4n) is 3.12. The maximum atomic E-state index is 12.3. The maximum absolute atomic E-state index is 12.3. The van der Waals surface area contributed by atoms with Gasteiger partial charge in [0.15, 0.2) is 5.82 Å². The molecule has 152 valence electrons. The molecule has 29 heavy (non-hydrogen) atoms. The number of rotatable bonds is 9. The largest absolute Gasteiger partial charge is 0.495 e. The summed E-state index contributed by atoms with van der Waals surface area (Å²) in [6.45, 7) is 4.75. The van der Waals surface area contributed by atoms with Gasteiger partial charge < -0.3 is 19.9 Å². The molecule has 0 fully saturated rings. The van der Waals surface area contributed by atoms with Gasteiger partial charge in [-0.25, -0.2) is 0 Å². The SMILES string of the molecule is COc1ccccc1NC(=O)Cc1noc(CNC(c2ccccc2)C(C)C)n1. The molecule has 0 aliphatic rings. The molecule has 0 radical (unpaired) electrons. The summed E-state index contributed by atoms with van der Waals surface area (Å²) in [7, 11) is 1.56. The fourth-order valence-corrected chi connectivity index (χ4v) is 3.12. The van der Waals surface area contributed by atoms with Crippen molar-refractivity contribution in [2.75, 3.05) is 12.4 Å². The van der Waals surface area contributed by atoms with Gasteiger partial charge >= 0.3 is 0 Å². The smallest absolute Gasteiger partial charge is 0.240 e. The third-order valence-corrected chi connectivity index (χ3v) is 4.51.